The molecule has 1 unspecified atom stereocenters. The molecule has 106 valence electrons. The molecule has 1 saturated heterocycles. The number of rotatable bonds is 4. The normalized spacial score (nSPS) is 22.6. The molecular formula is C13H19NO4S. The molecule has 0 aliphatic carbocycles. The van der Waals surface area contributed by atoms with Gasteiger partial charge in [0.1, 0.15) is 0 Å². The zero-order chi connectivity index (χ0) is 14.1. The second-order valence-electron chi connectivity index (χ2n) is 5.12. The van der Waals surface area contributed by atoms with Gasteiger partial charge in [-0.3, -0.25) is 0 Å². The first-order valence-electron chi connectivity index (χ1n) is 6.17. The van der Waals surface area contributed by atoms with Crippen LogP contribution in [0.4, 0.5) is 0 Å². The average molecular weight is 285 g/mol. The Bertz CT molecular complexity index is 536. The lowest BCUT2D eigenvalue weighted by molar-refractivity contribution is -0.137. The largest absolute Gasteiger partial charge is 0.348 e. The molecule has 5 nitrogen and oxygen atoms in total. The van der Waals surface area contributed by atoms with Gasteiger partial charge in [0.05, 0.1) is 17.6 Å². The van der Waals surface area contributed by atoms with E-state index in [1.165, 1.54) is 0 Å². The first-order chi connectivity index (χ1) is 8.78. The van der Waals surface area contributed by atoms with E-state index in [-0.39, 0.29) is 17.5 Å². The van der Waals surface area contributed by atoms with E-state index in [4.69, 9.17) is 9.47 Å². The van der Waals surface area contributed by atoms with Crippen molar-refractivity contribution in [2.24, 2.45) is 0 Å². The monoisotopic (exact) mass is 285 g/mol. The van der Waals surface area contributed by atoms with Crippen LogP contribution in [0.1, 0.15) is 19.4 Å². The molecular weight excluding hydrogens is 266 g/mol. The van der Waals surface area contributed by atoms with Crippen molar-refractivity contribution < 1.29 is 17.9 Å². The Labute approximate surface area is 114 Å². The molecule has 0 radical (unpaired) electrons. The maximum Gasteiger partial charge on any atom is 0.240 e. The van der Waals surface area contributed by atoms with Crippen molar-refractivity contribution in [1.82, 2.24) is 4.72 Å². The molecule has 0 spiro atoms. The van der Waals surface area contributed by atoms with Crippen LogP contribution in [-0.2, 0) is 19.5 Å². The van der Waals surface area contributed by atoms with Crippen LogP contribution in [0.2, 0.25) is 0 Å². The molecule has 0 amide bonds. The molecule has 1 aromatic carbocycles. The van der Waals surface area contributed by atoms with Crippen molar-refractivity contribution in [2.45, 2.75) is 37.6 Å². The molecule has 1 N–H and O–H groups in total. The fourth-order valence-electron chi connectivity index (χ4n) is 1.87. The predicted molar refractivity (Wildman–Crippen MR) is 71.3 cm³/mol. The van der Waals surface area contributed by atoms with Gasteiger partial charge in [-0.1, -0.05) is 17.7 Å². The molecule has 1 atom stereocenters. The number of hydrogen-bond acceptors (Lipinski definition) is 4. The summed E-state index contributed by atoms with van der Waals surface area (Å²) in [6.45, 7) is 6.13. The topological polar surface area (TPSA) is 64.6 Å². The minimum Gasteiger partial charge on any atom is -0.348 e. The zero-order valence-corrected chi connectivity index (χ0v) is 12.2. The van der Waals surface area contributed by atoms with E-state index in [1.54, 1.807) is 24.3 Å². The van der Waals surface area contributed by atoms with E-state index < -0.39 is 15.8 Å². The third kappa shape index (κ3) is 3.76. The highest BCUT2D eigenvalue weighted by molar-refractivity contribution is 7.89. The molecule has 1 fully saturated rings. The van der Waals surface area contributed by atoms with Crippen LogP contribution < -0.4 is 4.72 Å². The van der Waals surface area contributed by atoms with E-state index in [9.17, 15) is 8.42 Å². The van der Waals surface area contributed by atoms with Gasteiger partial charge >= 0.3 is 0 Å². The first-order valence-corrected chi connectivity index (χ1v) is 7.65. The van der Waals surface area contributed by atoms with Crippen molar-refractivity contribution in [3.63, 3.8) is 0 Å². The van der Waals surface area contributed by atoms with E-state index >= 15 is 0 Å². The summed E-state index contributed by atoms with van der Waals surface area (Å²) < 4.78 is 37.6. The van der Waals surface area contributed by atoms with Crippen LogP contribution in [0, 0.1) is 6.92 Å². The third-order valence-corrected chi connectivity index (χ3v) is 4.34. The summed E-state index contributed by atoms with van der Waals surface area (Å²) in [7, 11) is -3.49. The molecule has 19 heavy (non-hydrogen) atoms. The highest BCUT2D eigenvalue weighted by atomic mass is 32.2. The molecule has 0 bridgehead atoms. The molecule has 1 aromatic rings. The lowest BCUT2D eigenvalue weighted by Gasteiger charge is -2.17. The van der Waals surface area contributed by atoms with Crippen LogP contribution in [0.3, 0.4) is 0 Å². The summed E-state index contributed by atoms with van der Waals surface area (Å²) in [5, 5.41) is 0. The zero-order valence-electron chi connectivity index (χ0n) is 11.3. The summed E-state index contributed by atoms with van der Waals surface area (Å²) in [6.07, 6.45) is -0.254. The number of aryl methyl sites for hydroxylation is 1. The Morgan fingerprint density at radius 1 is 1.32 bits per heavy atom. The Morgan fingerprint density at radius 2 is 1.95 bits per heavy atom. The third-order valence-electron chi connectivity index (χ3n) is 2.90. The van der Waals surface area contributed by atoms with Crippen molar-refractivity contribution in [1.29, 1.82) is 0 Å². The van der Waals surface area contributed by atoms with E-state index in [0.717, 1.165) is 5.56 Å². The van der Waals surface area contributed by atoms with Crippen LogP contribution in [-0.4, -0.2) is 33.5 Å². The number of hydrogen-bond donors (Lipinski definition) is 1. The molecule has 1 heterocycles. The summed E-state index contributed by atoms with van der Waals surface area (Å²) in [5.41, 5.74) is 1.02. The summed E-state index contributed by atoms with van der Waals surface area (Å²) in [4.78, 5) is 0.260. The average Bonchev–Trinajstić information content (AvgIpc) is 2.67. The summed E-state index contributed by atoms with van der Waals surface area (Å²) in [6, 6.07) is 6.72. The second kappa shape index (κ2) is 5.20. The van der Waals surface area contributed by atoms with E-state index in [0.29, 0.717) is 6.61 Å². The molecule has 6 heteroatoms. The highest BCUT2D eigenvalue weighted by Gasteiger charge is 2.33. The molecule has 1 aliphatic rings. The Morgan fingerprint density at radius 3 is 2.47 bits per heavy atom. The minimum atomic E-state index is -3.49. The molecule has 0 aromatic heterocycles. The van der Waals surface area contributed by atoms with Crippen LogP contribution in [0.5, 0.6) is 0 Å². The number of ether oxygens (including phenoxy) is 2. The van der Waals surface area contributed by atoms with Gasteiger partial charge in [0.25, 0.3) is 0 Å². The standard InChI is InChI=1S/C13H19NO4S/c1-10-4-6-12(7-5-10)19(15,16)14-8-11-9-17-13(2,3)18-11/h4-7,11,14H,8-9H2,1-3H3. The van der Waals surface area contributed by atoms with Crippen molar-refractivity contribution >= 4 is 10.0 Å². The second-order valence-corrected chi connectivity index (χ2v) is 6.88. The molecule has 0 saturated carbocycles. The quantitative estimate of drug-likeness (QED) is 0.909. The van der Waals surface area contributed by atoms with Gasteiger partial charge in [0, 0.05) is 6.54 Å². The number of benzene rings is 1. The number of nitrogens with one attached hydrogen (secondary N) is 1. The maximum atomic E-state index is 12.1. The highest BCUT2D eigenvalue weighted by Crippen LogP contribution is 2.22. The lowest BCUT2D eigenvalue weighted by Crippen LogP contribution is -2.34. The van der Waals surface area contributed by atoms with Crippen molar-refractivity contribution in [3.8, 4) is 0 Å². The lowest BCUT2D eigenvalue weighted by atomic mass is 10.2. The van der Waals surface area contributed by atoms with Gasteiger partial charge in [-0.15, -0.1) is 0 Å². The van der Waals surface area contributed by atoms with Gasteiger partial charge in [-0.2, -0.15) is 0 Å². The van der Waals surface area contributed by atoms with Crippen molar-refractivity contribution in [2.75, 3.05) is 13.2 Å². The first kappa shape index (κ1) is 14.5. The fraction of sp³-hybridized carbons (Fsp3) is 0.538. The van der Waals surface area contributed by atoms with Crippen LogP contribution in [0.15, 0.2) is 29.2 Å². The summed E-state index contributed by atoms with van der Waals surface area (Å²) >= 11 is 0. The van der Waals surface area contributed by atoms with Gasteiger partial charge in [0.15, 0.2) is 5.79 Å². The van der Waals surface area contributed by atoms with Gasteiger partial charge < -0.3 is 9.47 Å². The molecule has 2 rings (SSSR count). The minimum absolute atomic E-state index is 0.208. The fourth-order valence-corrected chi connectivity index (χ4v) is 2.93. The van der Waals surface area contributed by atoms with Crippen LogP contribution in [0.25, 0.3) is 0 Å². The van der Waals surface area contributed by atoms with Gasteiger partial charge in [0.2, 0.25) is 10.0 Å². The Kier molecular flexibility index (Phi) is 3.96. The SMILES string of the molecule is Cc1ccc(S(=O)(=O)NCC2COC(C)(C)O2)cc1. The van der Waals surface area contributed by atoms with Crippen molar-refractivity contribution in [3.05, 3.63) is 29.8 Å². The maximum absolute atomic E-state index is 12.1. The smallest absolute Gasteiger partial charge is 0.240 e. The Balaban J connectivity index is 1.97. The summed E-state index contributed by atoms with van der Waals surface area (Å²) in [5.74, 6) is -0.639. The van der Waals surface area contributed by atoms with E-state index in [2.05, 4.69) is 4.72 Å². The van der Waals surface area contributed by atoms with Gasteiger partial charge in [-0.05, 0) is 32.9 Å². The molecule has 1 aliphatic heterocycles. The number of sulfonamides is 1. The predicted octanol–water partition coefficient (Wildman–Crippen LogP) is 1.42. The van der Waals surface area contributed by atoms with Crippen LogP contribution >= 0.6 is 0 Å². The van der Waals surface area contributed by atoms with Gasteiger partial charge in [-0.25, -0.2) is 13.1 Å². The van der Waals surface area contributed by atoms with E-state index in [1.807, 2.05) is 20.8 Å². The Hall–Kier alpha value is -0.950.